The first-order valence-electron chi connectivity index (χ1n) is 4.63. The summed E-state index contributed by atoms with van der Waals surface area (Å²) in [5, 5.41) is 12.3. The van der Waals surface area contributed by atoms with Crippen LogP contribution in [0.5, 0.6) is 0 Å². The van der Waals surface area contributed by atoms with Crippen LogP contribution in [0.25, 0.3) is 0 Å². The summed E-state index contributed by atoms with van der Waals surface area (Å²) >= 11 is 3.36. The molecule has 0 aliphatic heterocycles. The highest BCUT2D eigenvalue weighted by Crippen LogP contribution is 2.27. The zero-order valence-corrected chi connectivity index (χ0v) is 9.24. The summed E-state index contributed by atoms with van der Waals surface area (Å²) in [4.78, 5) is 7.98. The van der Waals surface area contributed by atoms with Crippen molar-refractivity contribution in [1.82, 2.24) is 9.97 Å². The lowest BCUT2D eigenvalue weighted by Gasteiger charge is -2.31. The first kappa shape index (κ1) is 9.86. The molecule has 2 N–H and O–H groups in total. The Balaban J connectivity index is 1.83. The van der Waals surface area contributed by atoms with E-state index >= 15 is 0 Å². The molecule has 1 aromatic rings. The molecule has 0 saturated heterocycles. The van der Waals surface area contributed by atoms with E-state index in [1.807, 2.05) is 0 Å². The fraction of sp³-hybridized carbons (Fsp3) is 0.556. The number of aliphatic hydroxyl groups is 1. The molecule has 0 aromatic carbocycles. The molecule has 0 unspecified atom stereocenters. The maximum Gasteiger partial charge on any atom is 0.143 e. The molecule has 2 rings (SSSR count). The van der Waals surface area contributed by atoms with Crippen molar-refractivity contribution in [3.05, 3.63) is 17.0 Å². The van der Waals surface area contributed by atoms with Gasteiger partial charge in [-0.3, -0.25) is 0 Å². The SMILES string of the molecule is OC1CC(CNc2ncncc2Br)C1. The average Bonchev–Trinajstić information content (AvgIpc) is 2.13. The first-order chi connectivity index (χ1) is 6.75. The summed E-state index contributed by atoms with van der Waals surface area (Å²) in [7, 11) is 0. The van der Waals surface area contributed by atoms with Crippen LogP contribution < -0.4 is 5.32 Å². The molecule has 1 aromatic heterocycles. The minimum Gasteiger partial charge on any atom is -0.393 e. The number of aromatic nitrogens is 2. The molecule has 1 aliphatic carbocycles. The predicted octanol–water partition coefficient (Wildman–Crippen LogP) is 1.42. The molecule has 0 atom stereocenters. The minimum atomic E-state index is -0.0874. The molecule has 0 bridgehead atoms. The lowest BCUT2D eigenvalue weighted by Crippen LogP contribution is -2.33. The van der Waals surface area contributed by atoms with Crippen molar-refractivity contribution in [2.24, 2.45) is 5.92 Å². The summed E-state index contributed by atoms with van der Waals surface area (Å²) in [6.45, 7) is 0.868. The molecule has 1 saturated carbocycles. The van der Waals surface area contributed by atoms with Gasteiger partial charge >= 0.3 is 0 Å². The molecule has 0 spiro atoms. The largest absolute Gasteiger partial charge is 0.393 e. The number of halogens is 1. The van der Waals surface area contributed by atoms with Gasteiger partial charge in [0.2, 0.25) is 0 Å². The van der Waals surface area contributed by atoms with Crippen molar-refractivity contribution in [2.75, 3.05) is 11.9 Å². The number of aliphatic hydroxyl groups excluding tert-OH is 1. The Morgan fingerprint density at radius 1 is 1.57 bits per heavy atom. The van der Waals surface area contributed by atoms with Crippen molar-refractivity contribution < 1.29 is 5.11 Å². The van der Waals surface area contributed by atoms with Gasteiger partial charge in [0.1, 0.15) is 12.1 Å². The van der Waals surface area contributed by atoms with E-state index in [1.165, 1.54) is 6.33 Å². The maximum absolute atomic E-state index is 9.11. The molecule has 76 valence electrons. The normalized spacial score (nSPS) is 25.6. The number of hydrogen-bond acceptors (Lipinski definition) is 4. The van der Waals surface area contributed by atoms with E-state index < -0.39 is 0 Å². The second kappa shape index (κ2) is 4.23. The molecular formula is C9H12BrN3O. The third kappa shape index (κ3) is 2.22. The maximum atomic E-state index is 9.11. The number of nitrogens with one attached hydrogen (secondary N) is 1. The number of rotatable bonds is 3. The number of anilines is 1. The summed E-state index contributed by atoms with van der Waals surface area (Å²) in [5.41, 5.74) is 0. The molecule has 4 nitrogen and oxygen atoms in total. The van der Waals surface area contributed by atoms with Crippen LogP contribution in [0.3, 0.4) is 0 Å². The average molecular weight is 258 g/mol. The fourth-order valence-electron chi connectivity index (χ4n) is 1.55. The van der Waals surface area contributed by atoms with Gasteiger partial charge in [-0.25, -0.2) is 9.97 Å². The molecule has 0 radical (unpaired) electrons. The van der Waals surface area contributed by atoms with Gasteiger partial charge in [-0.2, -0.15) is 0 Å². The highest BCUT2D eigenvalue weighted by molar-refractivity contribution is 9.10. The quantitative estimate of drug-likeness (QED) is 0.860. The molecule has 14 heavy (non-hydrogen) atoms. The highest BCUT2D eigenvalue weighted by Gasteiger charge is 2.26. The van der Waals surface area contributed by atoms with E-state index in [2.05, 4.69) is 31.2 Å². The van der Waals surface area contributed by atoms with E-state index in [0.29, 0.717) is 5.92 Å². The van der Waals surface area contributed by atoms with Crippen molar-refractivity contribution in [3.8, 4) is 0 Å². The van der Waals surface area contributed by atoms with Gasteiger partial charge in [0.05, 0.1) is 10.6 Å². The predicted molar refractivity (Wildman–Crippen MR) is 57.0 cm³/mol. The van der Waals surface area contributed by atoms with Crippen LogP contribution in [-0.4, -0.2) is 27.7 Å². The lowest BCUT2D eigenvalue weighted by molar-refractivity contribution is 0.0486. The van der Waals surface area contributed by atoms with Crippen LogP contribution in [0.15, 0.2) is 17.0 Å². The van der Waals surface area contributed by atoms with Crippen molar-refractivity contribution in [2.45, 2.75) is 18.9 Å². The lowest BCUT2D eigenvalue weighted by atomic mass is 9.82. The molecule has 1 aliphatic rings. The van der Waals surface area contributed by atoms with Gasteiger partial charge in [0.15, 0.2) is 0 Å². The monoisotopic (exact) mass is 257 g/mol. The summed E-state index contributed by atoms with van der Waals surface area (Å²) in [6, 6.07) is 0. The molecule has 5 heteroatoms. The van der Waals surface area contributed by atoms with Gasteiger partial charge < -0.3 is 10.4 Å². The van der Waals surface area contributed by atoms with Gasteiger partial charge in [0.25, 0.3) is 0 Å². The van der Waals surface area contributed by atoms with E-state index in [1.54, 1.807) is 6.20 Å². The van der Waals surface area contributed by atoms with Crippen molar-refractivity contribution >= 4 is 21.7 Å². The van der Waals surface area contributed by atoms with Crippen LogP contribution in [0, 0.1) is 5.92 Å². The number of hydrogen-bond donors (Lipinski definition) is 2. The van der Waals surface area contributed by atoms with Gasteiger partial charge in [0, 0.05) is 12.7 Å². The Morgan fingerprint density at radius 3 is 3.00 bits per heavy atom. The fourth-order valence-corrected chi connectivity index (χ4v) is 1.91. The third-order valence-electron chi connectivity index (χ3n) is 2.44. The van der Waals surface area contributed by atoms with E-state index in [-0.39, 0.29) is 6.10 Å². The molecular weight excluding hydrogens is 246 g/mol. The van der Waals surface area contributed by atoms with Crippen LogP contribution in [-0.2, 0) is 0 Å². The zero-order valence-electron chi connectivity index (χ0n) is 7.65. The van der Waals surface area contributed by atoms with Crippen molar-refractivity contribution in [1.29, 1.82) is 0 Å². The van der Waals surface area contributed by atoms with Crippen LogP contribution in [0.4, 0.5) is 5.82 Å². The van der Waals surface area contributed by atoms with Crippen LogP contribution in [0.1, 0.15) is 12.8 Å². The Morgan fingerprint density at radius 2 is 2.36 bits per heavy atom. The first-order valence-corrected chi connectivity index (χ1v) is 5.42. The minimum absolute atomic E-state index is 0.0874. The van der Waals surface area contributed by atoms with Crippen LogP contribution >= 0.6 is 15.9 Å². The van der Waals surface area contributed by atoms with Crippen molar-refractivity contribution in [3.63, 3.8) is 0 Å². The summed E-state index contributed by atoms with van der Waals surface area (Å²) in [5.74, 6) is 1.40. The Bertz CT molecular complexity index is 315. The van der Waals surface area contributed by atoms with Crippen LogP contribution in [0.2, 0.25) is 0 Å². The molecule has 0 amide bonds. The van der Waals surface area contributed by atoms with Gasteiger partial charge in [-0.15, -0.1) is 0 Å². The molecule has 1 heterocycles. The Hall–Kier alpha value is -0.680. The van der Waals surface area contributed by atoms with E-state index in [9.17, 15) is 0 Å². The Kier molecular flexibility index (Phi) is 2.98. The number of nitrogens with zero attached hydrogens (tertiary/aromatic N) is 2. The highest BCUT2D eigenvalue weighted by atomic mass is 79.9. The van der Waals surface area contributed by atoms with E-state index in [0.717, 1.165) is 29.7 Å². The topological polar surface area (TPSA) is 58.0 Å². The second-order valence-corrected chi connectivity index (χ2v) is 4.45. The molecule has 1 fully saturated rings. The third-order valence-corrected chi connectivity index (χ3v) is 3.02. The zero-order chi connectivity index (χ0) is 9.97. The van der Waals surface area contributed by atoms with Gasteiger partial charge in [-0.05, 0) is 34.7 Å². The Labute approximate surface area is 90.9 Å². The second-order valence-electron chi connectivity index (χ2n) is 3.59. The van der Waals surface area contributed by atoms with Gasteiger partial charge in [-0.1, -0.05) is 0 Å². The summed E-state index contributed by atoms with van der Waals surface area (Å²) < 4.78 is 0.875. The standard InChI is InChI=1S/C9H12BrN3O/c10-8-4-11-5-13-9(8)12-3-6-1-7(14)2-6/h4-7,14H,1-3H2,(H,11,12,13). The van der Waals surface area contributed by atoms with E-state index in [4.69, 9.17) is 5.11 Å². The summed E-state index contributed by atoms with van der Waals surface area (Å²) in [6.07, 6.45) is 4.94. The smallest absolute Gasteiger partial charge is 0.143 e.